The summed E-state index contributed by atoms with van der Waals surface area (Å²) in [5.41, 5.74) is 2.80. The Morgan fingerprint density at radius 3 is 2.24 bits per heavy atom. The maximum absolute atomic E-state index is 10.7. The zero-order chi connectivity index (χ0) is 30.6. The van der Waals surface area contributed by atoms with Gasteiger partial charge in [0.25, 0.3) is 0 Å². The fourth-order valence-electron chi connectivity index (χ4n) is 12.4. The van der Waals surface area contributed by atoms with Gasteiger partial charge in [0.2, 0.25) is 0 Å². The summed E-state index contributed by atoms with van der Waals surface area (Å²) in [7, 11) is 0. The zero-order valence-electron chi connectivity index (χ0n) is 27.6. The second-order valence-electron chi connectivity index (χ2n) is 17.5. The van der Waals surface area contributed by atoms with Crippen molar-refractivity contribution >= 4 is 0 Å². The van der Waals surface area contributed by atoms with Crippen LogP contribution in [0.5, 0.6) is 0 Å². The number of rotatable bonds is 3. The lowest BCUT2D eigenvalue weighted by Gasteiger charge is -2.71. The molecule has 1 saturated heterocycles. The van der Waals surface area contributed by atoms with Crippen LogP contribution < -0.4 is 0 Å². The molecule has 42 heavy (non-hydrogen) atoms. The van der Waals surface area contributed by atoms with Crippen LogP contribution in [0.3, 0.4) is 0 Å². The second-order valence-corrected chi connectivity index (χ2v) is 17.5. The van der Waals surface area contributed by atoms with Gasteiger partial charge in [0.05, 0.1) is 12.7 Å². The molecule has 0 unspecified atom stereocenters. The molecular weight excluding hydrogens is 528 g/mol. The second kappa shape index (κ2) is 10.3. The smallest absolute Gasteiger partial charge is 0.186 e. The predicted molar refractivity (Wildman–Crippen MR) is 163 cm³/mol. The van der Waals surface area contributed by atoms with E-state index >= 15 is 0 Å². The molecule has 15 atom stereocenters. The minimum Gasteiger partial charge on any atom is -0.394 e. The first kappa shape index (κ1) is 31.5. The zero-order valence-corrected chi connectivity index (χ0v) is 27.6. The molecule has 5 aliphatic carbocycles. The highest BCUT2D eigenvalue weighted by atomic mass is 16.7. The fraction of sp³-hybridized carbons (Fsp3) is 0.944. The number of aliphatic hydroxyl groups excluding tert-OH is 4. The molecule has 240 valence electrons. The summed E-state index contributed by atoms with van der Waals surface area (Å²) in [6, 6.07) is 0. The molecule has 1 heterocycles. The molecule has 0 bridgehead atoms. The van der Waals surface area contributed by atoms with Crippen molar-refractivity contribution in [3.63, 3.8) is 0 Å². The first-order valence-corrected chi connectivity index (χ1v) is 17.2. The Bertz CT molecular complexity index is 1070. The molecule has 6 aliphatic rings. The molecule has 4 N–H and O–H groups in total. The van der Waals surface area contributed by atoms with E-state index in [2.05, 4.69) is 61.5 Å². The van der Waals surface area contributed by atoms with E-state index in [9.17, 15) is 20.4 Å². The number of hydrogen-bond acceptors (Lipinski definition) is 6. The Morgan fingerprint density at radius 2 is 1.55 bits per heavy atom. The summed E-state index contributed by atoms with van der Waals surface area (Å²) in [5.74, 6) is 3.33. The summed E-state index contributed by atoms with van der Waals surface area (Å²) in [5, 5.41) is 41.0. The average molecular weight is 589 g/mol. The predicted octanol–water partition coefficient (Wildman–Crippen LogP) is 5.85. The number of fused-ring (bicyclic) bond motifs is 7. The van der Waals surface area contributed by atoms with E-state index in [1.165, 1.54) is 44.9 Å². The lowest BCUT2D eigenvalue weighted by molar-refractivity contribution is -0.330. The molecule has 1 aliphatic heterocycles. The Kier molecular flexibility index (Phi) is 7.69. The number of allylic oxidation sites excluding steroid dienone is 2. The van der Waals surface area contributed by atoms with Crippen LogP contribution in [0.2, 0.25) is 0 Å². The van der Waals surface area contributed by atoms with E-state index in [1.807, 2.05) is 5.57 Å². The quantitative estimate of drug-likeness (QED) is 0.244. The largest absolute Gasteiger partial charge is 0.394 e. The van der Waals surface area contributed by atoms with Crippen molar-refractivity contribution in [2.75, 3.05) is 6.61 Å². The molecule has 0 spiro atoms. The van der Waals surface area contributed by atoms with Crippen LogP contribution in [0.4, 0.5) is 0 Å². The number of ether oxygens (including phenoxy) is 2. The highest BCUT2D eigenvalue weighted by Gasteiger charge is 2.68. The SMILES string of the molecule is C[C@H]1[C@H](C)CC[C@]2(C)CC[C@]3(C)C(=CC[C@@H]4[C@@]5(C)CC[C@H](O[C@@H]6O[C@H](CO)[C@@H](O)[C@H](O)[C@H]6O)C(C)(C)[C@@H]5CC[C@]43C)[C@@H]12. The van der Waals surface area contributed by atoms with Gasteiger partial charge in [-0.15, -0.1) is 0 Å². The normalized spacial score (nSPS) is 57.2. The van der Waals surface area contributed by atoms with Gasteiger partial charge >= 0.3 is 0 Å². The van der Waals surface area contributed by atoms with Gasteiger partial charge in [0, 0.05) is 0 Å². The Labute approximate surface area is 254 Å². The van der Waals surface area contributed by atoms with E-state index < -0.39 is 37.3 Å². The minimum absolute atomic E-state index is 0.147. The van der Waals surface area contributed by atoms with Crippen molar-refractivity contribution < 1.29 is 29.9 Å². The molecule has 6 heteroatoms. The van der Waals surface area contributed by atoms with Gasteiger partial charge in [-0.2, -0.15) is 0 Å². The van der Waals surface area contributed by atoms with E-state index in [4.69, 9.17) is 9.47 Å². The molecule has 0 radical (unpaired) electrons. The molecule has 4 saturated carbocycles. The molecule has 0 aromatic heterocycles. The van der Waals surface area contributed by atoms with Gasteiger partial charge in [-0.05, 0) is 114 Å². The monoisotopic (exact) mass is 588 g/mol. The van der Waals surface area contributed by atoms with Gasteiger partial charge < -0.3 is 29.9 Å². The molecule has 0 aromatic rings. The Hall–Kier alpha value is -0.500. The average Bonchev–Trinajstić information content (AvgIpc) is 2.93. The van der Waals surface area contributed by atoms with Crippen molar-refractivity contribution in [1.29, 1.82) is 0 Å². The molecule has 0 amide bonds. The van der Waals surface area contributed by atoms with Crippen molar-refractivity contribution in [3.05, 3.63) is 11.6 Å². The molecule has 5 fully saturated rings. The van der Waals surface area contributed by atoms with Crippen LogP contribution in [-0.4, -0.2) is 63.8 Å². The van der Waals surface area contributed by atoms with Crippen LogP contribution in [0.1, 0.15) is 113 Å². The minimum atomic E-state index is -1.41. The van der Waals surface area contributed by atoms with Crippen molar-refractivity contribution in [2.45, 2.75) is 150 Å². The maximum Gasteiger partial charge on any atom is 0.186 e. The van der Waals surface area contributed by atoms with Gasteiger partial charge in [-0.3, -0.25) is 0 Å². The number of hydrogen-bond donors (Lipinski definition) is 4. The van der Waals surface area contributed by atoms with Gasteiger partial charge in [-0.25, -0.2) is 0 Å². The van der Waals surface area contributed by atoms with Crippen molar-refractivity contribution in [2.24, 2.45) is 56.7 Å². The van der Waals surface area contributed by atoms with Crippen molar-refractivity contribution in [1.82, 2.24) is 0 Å². The van der Waals surface area contributed by atoms with E-state index in [1.54, 1.807) is 0 Å². The topological polar surface area (TPSA) is 99.4 Å². The fourth-order valence-corrected chi connectivity index (χ4v) is 12.4. The third-order valence-corrected chi connectivity index (χ3v) is 15.5. The molecule has 6 nitrogen and oxygen atoms in total. The summed E-state index contributed by atoms with van der Waals surface area (Å²) < 4.78 is 12.3. The van der Waals surface area contributed by atoms with Gasteiger partial charge in [0.1, 0.15) is 24.4 Å². The molecular formula is C36H60O6. The maximum atomic E-state index is 10.7. The van der Waals surface area contributed by atoms with E-state index in [-0.39, 0.29) is 27.8 Å². The summed E-state index contributed by atoms with van der Waals surface area (Å²) in [4.78, 5) is 0. The number of aliphatic hydroxyl groups is 4. The first-order valence-electron chi connectivity index (χ1n) is 17.2. The van der Waals surface area contributed by atoms with Crippen molar-refractivity contribution in [3.8, 4) is 0 Å². The summed E-state index contributed by atoms with van der Waals surface area (Å²) in [6.45, 7) is 19.7. The highest BCUT2D eigenvalue weighted by molar-refractivity contribution is 5.33. The van der Waals surface area contributed by atoms with Gasteiger partial charge in [-0.1, -0.05) is 67.0 Å². The third kappa shape index (κ3) is 4.17. The third-order valence-electron chi connectivity index (χ3n) is 15.5. The van der Waals surface area contributed by atoms with E-state index in [0.29, 0.717) is 23.2 Å². The standard InChI is InChI=1S/C36H60O6/c1-20-11-14-33(5)17-18-35(7)22(27(33)21(20)2)9-10-25-34(6)15-13-26(32(3,4)24(34)12-16-36(25,35)8)42-31-30(40)29(39)28(38)23(19-37)41-31/h9,20-21,23-31,37-40H,10-19H2,1-8H3/t20-,21+,23-,24+,25-,26+,27-,28-,29+,30-,31+,33-,34+,35-,36-/m1/s1. The van der Waals surface area contributed by atoms with Crippen LogP contribution in [0.15, 0.2) is 11.6 Å². The van der Waals surface area contributed by atoms with Crippen LogP contribution in [-0.2, 0) is 9.47 Å². The molecule has 6 rings (SSSR count). The Balaban J connectivity index is 1.28. The lowest BCUT2D eigenvalue weighted by Crippen LogP contribution is -2.65. The first-order chi connectivity index (χ1) is 19.5. The van der Waals surface area contributed by atoms with E-state index in [0.717, 1.165) is 24.7 Å². The highest BCUT2D eigenvalue weighted by Crippen LogP contribution is 2.75. The van der Waals surface area contributed by atoms with Crippen LogP contribution >= 0.6 is 0 Å². The summed E-state index contributed by atoms with van der Waals surface area (Å²) in [6.07, 6.45) is 7.37. The van der Waals surface area contributed by atoms with Crippen LogP contribution in [0, 0.1) is 56.7 Å². The Morgan fingerprint density at radius 1 is 0.833 bits per heavy atom. The van der Waals surface area contributed by atoms with Crippen LogP contribution in [0.25, 0.3) is 0 Å². The molecule has 0 aromatic carbocycles. The lowest BCUT2D eigenvalue weighted by atomic mass is 9.33. The van der Waals surface area contributed by atoms with Gasteiger partial charge in [0.15, 0.2) is 6.29 Å². The summed E-state index contributed by atoms with van der Waals surface area (Å²) >= 11 is 0.